The van der Waals surface area contributed by atoms with Crippen LogP contribution >= 0.6 is 11.3 Å². The predicted molar refractivity (Wildman–Crippen MR) is 127 cm³/mol. The highest BCUT2D eigenvalue weighted by Crippen LogP contribution is 2.38. The Morgan fingerprint density at radius 3 is 2.61 bits per heavy atom. The van der Waals surface area contributed by atoms with E-state index in [0.717, 1.165) is 30.1 Å². The number of Topliss-reactive ketones (excluding diaryl/α,β-unsaturated/α-hetero) is 1. The molecule has 14 heteroatoms. The third-order valence-corrected chi connectivity index (χ3v) is 6.10. The van der Waals surface area contributed by atoms with Gasteiger partial charge in [0.1, 0.15) is 22.1 Å². The van der Waals surface area contributed by atoms with Gasteiger partial charge >= 0.3 is 6.18 Å². The zero-order valence-corrected chi connectivity index (χ0v) is 19.7. The summed E-state index contributed by atoms with van der Waals surface area (Å²) < 4.78 is 51.8. The lowest BCUT2D eigenvalue weighted by Crippen LogP contribution is -2.36. The number of aromatic nitrogens is 2. The zero-order chi connectivity index (χ0) is 25.9. The van der Waals surface area contributed by atoms with Gasteiger partial charge in [-0.05, 0) is 23.6 Å². The van der Waals surface area contributed by atoms with E-state index in [1.54, 1.807) is 12.1 Å². The van der Waals surface area contributed by atoms with Gasteiger partial charge in [-0.15, -0.1) is 11.3 Å². The summed E-state index contributed by atoms with van der Waals surface area (Å²) in [6.45, 7) is 2.65. The molecule has 1 aliphatic rings. The number of amides is 1. The summed E-state index contributed by atoms with van der Waals surface area (Å²) >= 11 is 0.919. The Labute approximate surface area is 207 Å². The number of nitrogens with one attached hydrogen (secondary N) is 2. The normalized spacial score (nSPS) is 13.8. The third-order valence-electron chi connectivity index (χ3n) is 5.27. The molecule has 0 atom stereocenters. The van der Waals surface area contributed by atoms with Crippen LogP contribution in [0.1, 0.15) is 15.9 Å². The second kappa shape index (κ2) is 10.4. The van der Waals surface area contributed by atoms with Crippen molar-refractivity contribution in [3.8, 4) is 5.75 Å². The molecular weight excluding hydrogens is 501 g/mol. The van der Waals surface area contributed by atoms with Gasteiger partial charge in [0.15, 0.2) is 0 Å². The Morgan fingerprint density at radius 1 is 1.19 bits per heavy atom. The summed E-state index contributed by atoms with van der Waals surface area (Å²) in [6, 6.07) is 6.63. The Kier molecular flexibility index (Phi) is 7.26. The number of carbonyl (C=O) groups is 2. The van der Waals surface area contributed by atoms with Gasteiger partial charge in [0.05, 0.1) is 31.6 Å². The molecule has 4 N–H and O–H groups in total. The minimum atomic E-state index is -4.79. The fourth-order valence-electron chi connectivity index (χ4n) is 3.49. The maximum atomic E-state index is 13.7. The lowest BCUT2D eigenvalue weighted by Gasteiger charge is -2.29. The molecule has 36 heavy (non-hydrogen) atoms. The Balaban J connectivity index is 1.64. The lowest BCUT2D eigenvalue weighted by atomic mass is 10.2. The van der Waals surface area contributed by atoms with Crippen molar-refractivity contribution in [2.24, 2.45) is 5.73 Å². The van der Waals surface area contributed by atoms with Gasteiger partial charge in [-0.2, -0.15) is 18.2 Å². The molecule has 1 aromatic carbocycles. The van der Waals surface area contributed by atoms with Crippen molar-refractivity contribution >= 4 is 51.2 Å². The first kappa shape index (κ1) is 25.2. The summed E-state index contributed by atoms with van der Waals surface area (Å²) in [4.78, 5) is 33.2. The molecule has 0 aliphatic carbocycles. The number of methoxy groups -OCH3 is 1. The summed E-state index contributed by atoms with van der Waals surface area (Å²) in [7, 11) is 1.47. The number of ether oxygens (including phenoxy) is 2. The molecule has 0 spiro atoms. The first-order valence-electron chi connectivity index (χ1n) is 10.6. The number of primary amides is 1. The van der Waals surface area contributed by atoms with Crippen LogP contribution in [0.2, 0.25) is 0 Å². The van der Waals surface area contributed by atoms with Gasteiger partial charge in [0.2, 0.25) is 5.95 Å². The van der Waals surface area contributed by atoms with E-state index in [-0.39, 0.29) is 16.5 Å². The molecule has 1 aliphatic heterocycles. The molecule has 1 saturated heterocycles. The molecule has 4 rings (SSSR count). The van der Waals surface area contributed by atoms with Crippen LogP contribution in [0.25, 0.3) is 0 Å². The van der Waals surface area contributed by atoms with E-state index in [1.165, 1.54) is 18.6 Å². The van der Waals surface area contributed by atoms with Gasteiger partial charge in [-0.3, -0.25) is 9.59 Å². The number of anilines is 5. The van der Waals surface area contributed by atoms with Crippen LogP contribution in [-0.4, -0.2) is 55.1 Å². The van der Waals surface area contributed by atoms with Crippen LogP contribution in [0, 0.1) is 0 Å². The summed E-state index contributed by atoms with van der Waals surface area (Å²) in [5.41, 5.74) is 5.05. The van der Waals surface area contributed by atoms with Gasteiger partial charge < -0.3 is 30.7 Å². The van der Waals surface area contributed by atoms with E-state index < -0.39 is 29.2 Å². The van der Waals surface area contributed by atoms with Gasteiger partial charge in [-0.25, -0.2) is 4.98 Å². The van der Waals surface area contributed by atoms with E-state index in [4.69, 9.17) is 15.2 Å². The molecule has 0 radical (unpaired) electrons. The fraction of sp³-hybridized carbons (Fsp3) is 0.273. The maximum absolute atomic E-state index is 13.7. The maximum Gasteiger partial charge on any atom is 0.421 e. The number of nitrogens with zero attached hydrogens (tertiary/aromatic N) is 3. The largest absolute Gasteiger partial charge is 0.494 e. The number of thiophene rings is 1. The van der Waals surface area contributed by atoms with E-state index in [2.05, 4.69) is 25.5 Å². The number of nitrogens with two attached hydrogens (primary N) is 1. The SMILES string of the molecule is COc1cc(N2CCOCC2)ccc1Nc1ncc(C(F)(F)F)c(Nc2sccc2C(=O)C(N)=O)n1. The topological polar surface area (TPSA) is 132 Å². The van der Waals surface area contributed by atoms with E-state index in [0.29, 0.717) is 30.8 Å². The van der Waals surface area contributed by atoms with Crippen LogP contribution < -0.4 is 26.0 Å². The number of hydrogen-bond acceptors (Lipinski definition) is 10. The van der Waals surface area contributed by atoms with E-state index >= 15 is 0 Å². The van der Waals surface area contributed by atoms with Crippen molar-refractivity contribution in [3.05, 3.63) is 47.0 Å². The average molecular weight is 523 g/mol. The van der Waals surface area contributed by atoms with Gasteiger partial charge in [0.25, 0.3) is 11.7 Å². The highest BCUT2D eigenvalue weighted by molar-refractivity contribution is 7.14. The quantitative estimate of drug-likeness (QED) is 0.300. The molecule has 0 unspecified atom stereocenters. The monoisotopic (exact) mass is 522 g/mol. The highest BCUT2D eigenvalue weighted by atomic mass is 32.1. The predicted octanol–water partition coefficient (Wildman–Crippen LogP) is 3.56. The molecule has 2 aromatic heterocycles. The first-order chi connectivity index (χ1) is 17.2. The minimum Gasteiger partial charge on any atom is -0.494 e. The van der Waals surface area contributed by atoms with Crippen LogP contribution in [0.4, 0.5) is 41.3 Å². The average Bonchev–Trinajstić information content (AvgIpc) is 3.31. The van der Waals surface area contributed by atoms with Crippen LogP contribution in [0.15, 0.2) is 35.8 Å². The number of ketones is 1. The Morgan fingerprint density at radius 2 is 1.94 bits per heavy atom. The third kappa shape index (κ3) is 5.49. The fourth-order valence-corrected chi connectivity index (χ4v) is 4.28. The summed E-state index contributed by atoms with van der Waals surface area (Å²) in [5.74, 6) is -2.59. The molecule has 3 aromatic rings. The van der Waals surface area contributed by atoms with Crippen molar-refractivity contribution in [2.45, 2.75) is 6.18 Å². The second-order valence-corrected chi connectivity index (χ2v) is 8.46. The lowest BCUT2D eigenvalue weighted by molar-refractivity contribution is -0.137. The van der Waals surface area contributed by atoms with Crippen molar-refractivity contribution < 1.29 is 32.2 Å². The standard InChI is InChI=1S/C22H21F3N6O4S/c1-34-16-10-12(31-5-7-35-8-6-31)2-3-15(16)28-21-27-11-14(22(23,24)25)19(30-21)29-20-13(4-9-36-20)17(32)18(26)33/h2-4,9-11H,5-8H2,1H3,(H2,26,33)(H2,27,28,29,30). The van der Waals surface area contributed by atoms with Crippen LogP contribution in [-0.2, 0) is 15.7 Å². The molecule has 0 saturated carbocycles. The molecule has 0 bridgehead atoms. The number of morpholine rings is 1. The molecule has 1 amide bonds. The van der Waals surface area contributed by atoms with Gasteiger partial charge in [0, 0.05) is 31.0 Å². The first-order valence-corrected chi connectivity index (χ1v) is 11.5. The van der Waals surface area contributed by atoms with E-state index in [9.17, 15) is 22.8 Å². The van der Waals surface area contributed by atoms with Crippen LogP contribution in [0.5, 0.6) is 5.75 Å². The van der Waals surface area contributed by atoms with Crippen molar-refractivity contribution in [1.29, 1.82) is 0 Å². The highest BCUT2D eigenvalue weighted by Gasteiger charge is 2.36. The number of halogens is 3. The van der Waals surface area contributed by atoms with E-state index in [1.807, 2.05) is 6.07 Å². The molecule has 1 fully saturated rings. The number of alkyl halides is 3. The summed E-state index contributed by atoms with van der Waals surface area (Å²) in [5, 5.41) is 6.80. The Bertz CT molecular complexity index is 1280. The van der Waals surface area contributed by atoms with Gasteiger partial charge in [-0.1, -0.05) is 0 Å². The number of hydrogen-bond donors (Lipinski definition) is 3. The number of benzene rings is 1. The summed E-state index contributed by atoms with van der Waals surface area (Å²) in [6.07, 6.45) is -4.17. The molecular formula is C22H21F3N6O4S. The smallest absolute Gasteiger partial charge is 0.421 e. The number of rotatable bonds is 8. The van der Waals surface area contributed by atoms with Crippen molar-refractivity contribution in [2.75, 3.05) is 48.9 Å². The molecule has 190 valence electrons. The second-order valence-electron chi connectivity index (χ2n) is 7.54. The number of carbonyl (C=O) groups excluding carboxylic acids is 2. The minimum absolute atomic E-state index is 0.0126. The van der Waals surface area contributed by atoms with Crippen molar-refractivity contribution in [1.82, 2.24) is 9.97 Å². The van der Waals surface area contributed by atoms with Crippen LogP contribution in [0.3, 0.4) is 0 Å². The molecule has 10 nitrogen and oxygen atoms in total. The van der Waals surface area contributed by atoms with Crippen molar-refractivity contribution in [3.63, 3.8) is 0 Å². The molecule has 3 heterocycles. The zero-order valence-electron chi connectivity index (χ0n) is 18.9. The Hall–Kier alpha value is -3.91.